The first-order valence-corrected chi connectivity index (χ1v) is 18.8. The van der Waals surface area contributed by atoms with Crippen molar-refractivity contribution in [1.29, 1.82) is 0 Å². The van der Waals surface area contributed by atoms with Crippen molar-refractivity contribution in [2.75, 3.05) is 139 Å². The molecule has 0 aromatic carbocycles. The lowest BCUT2D eigenvalue weighted by Gasteiger charge is -2.09. The second-order valence-electron chi connectivity index (χ2n) is 10.6. The summed E-state index contributed by atoms with van der Waals surface area (Å²) in [5, 5.41) is 0. The van der Waals surface area contributed by atoms with Gasteiger partial charge in [-0.05, 0) is 6.42 Å². The van der Waals surface area contributed by atoms with E-state index in [2.05, 4.69) is 11.1 Å². The van der Waals surface area contributed by atoms with Gasteiger partial charge < -0.3 is 47.4 Å². The van der Waals surface area contributed by atoms with Crippen LogP contribution in [-0.4, -0.2) is 152 Å². The van der Waals surface area contributed by atoms with E-state index in [1.165, 1.54) is 57.8 Å². The highest BCUT2D eigenvalue weighted by molar-refractivity contribution is 7.80. The van der Waals surface area contributed by atoms with Crippen molar-refractivity contribution >= 4 is 10.4 Å². The van der Waals surface area contributed by atoms with E-state index in [1.54, 1.807) is 0 Å². The van der Waals surface area contributed by atoms with Gasteiger partial charge in [0.05, 0.1) is 132 Å². The van der Waals surface area contributed by atoms with E-state index in [4.69, 9.17) is 51.9 Å². The molecule has 0 aromatic rings. The molecule has 47 heavy (non-hydrogen) atoms. The first-order valence-electron chi connectivity index (χ1n) is 17.5. The maximum absolute atomic E-state index is 10.3. The Balaban J connectivity index is 3.06. The second-order valence-corrected chi connectivity index (χ2v) is 11.6. The minimum absolute atomic E-state index is 0.0349. The largest absolute Gasteiger partial charge is 0.397 e. The van der Waals surface area contributed by atoms with E-state index in [0.29, 0.717) is 112 Å². The number of hydrogen-bond donors (Lipinski definition) is 1. The number of unbranched alkanes of at least 4 members (excludes halogenated alkanes) is 9. The lowest BCUT2D eigenvalue weighted by Crippen LogP contribution is -2.15. The normalized spacial score (nSPS) is 12.0. The Morgan fingerprint density at radius 1 is 0.319 bits per heavy atom. The Hall–Kier alpha value is -0.530. The first kappa shape index (κ1) is 46.5. The van der Waals surface area contributed by atoms with Crippen LogP contribution in [0.5, 0.6) is 0 Å². The van der Waals surface area contributed by atoms with Gasteiger partial charge in [0.15, 0.2) is 0 Å². The van der Waals surface area contributed by atoms with Gasteiger partial charge in [-0.15, -0.1) is 0 Å². The summed E-state index contributed by atoms with van der Waals surface area (Å²) in [6.07, 6.45) is 13.3. The molecule has 15 heteroatoms. The van der Waals surface area contributed by atoms with E-state index in [-0.39, 0.29) is 19.8 Å². The molecule has 0 saturated heterocycles. The predicted molar refractivity (Wildman–Crippen MR) is 178 cm³/mol. The molecule has 0 heterocycles. The topological polar surface area (TPSA) is 156 Å². The van der Waals surface area contributed by atoms with Crippen molar-refractivity contribution in [3.63, 3.8) is 0 Å². The van der Waals surface area contributed by atoms with Crippen LogP contribution in [0.4, 0.5) is 0 Å². The molecule has 0 spiro atoms. The van der Waals surface area contributed by atoms with Gasteiger partial charge in [-0.25, -0.2) is 4.18 Å². The van der Waals surface area contributed by atoms with Crippen molar-refractivity contribution in [1.82, 2.24) is 0 Å². The molecule has 1 N–H and O–H groups in total. The van der Waals surface area contributed by atoms with Crippen molar-refractivity contribution < 1.29 is 64.5 Å². The first-order chi connectivity index (χ1) is 23.1. The van der Waals surface area contributed by atoms with Crippen LogP contribution in [0.1, 0.15) is 71.1 Å². The average Bonchev–Trinajstić information content (AvgIpc) is 3.05. The van der Waals surface area contributed by atoms with Crippen LogP contribution in [0.15, 0.2) is 0 Å². The second kappa shape index (κ2) is 39.9. The van der Waals surface area contributed by atoms with Crippen LogP contribution in [0.2, 0.25) is 0 Å². The van der Waals surface area contributed by atoms with E-state index in [9.17, 15) is 8.42 Å². The summed E-state index contributed by atoms with van der Waals surface area (Å²) in [6, 6.07) is 0. The van der Waals surface area contributed by atoms with Gasteiger partial charge in [-0.3, -0.25) is 4.55 Å². The standard InChI is InChI=1S/C32H66O14S/c1-2-3-4-5-6-7-8-9-10-11-12-36-13-14-37-15-16-38-17-18-39-19-20-40-21-22-41-23-24-42-25-26-43-27-28-44-29-30-45-31-32-46-47(33,34)35/h2-32H2,1H3,(H,33,34,35). The molecule has 0 amide bonds. The van der Waals surface area contributed by atoms with E-state index in [1.807, 2.05) is 0 Å². The Morgan fingerprint density at radius 3 is 0.787 bits per heavy atom. The molecule has 0 aliphatic rings. The van der Waals surface area contributed by atoms with E-state index < -0.39 is 10.4 Å². The molecular weight excluding hydrogens is 640 g/mol. The minimum atomic E-state index is -4.42. The molecule has 14 nitrogen and oxygen atoms in total. The Kier molecular flexibility index (Phi) is 39.5. The van der Waals surface area contributed by atoms with Gasteiger partial charge in [-0.2, -0.15) is 8.42 Å². The number of hydrogen-bond acceptors (Lipinski definition) is 13. The molecule has 0 radical (unpaired) electrons. The lowest BCUT2D eigenvalue weighted by atomic mass is 10.1. The maximum atomic E-state index is 10.3. The van der Waals surface area contributed by atoms with Crippen LogP contribution in [-0.2, 0) is 62.0 Å². The van der Waals surface area contributed by atoms with Crippen LogP contribution >= 0.6 is 0 Å². The van der Waals surface area contributed by atoms with Crippen LogP contribution in [0, 0.1) is 0 Å². The molecule has 0 unspecified atom stereocenters. The molecule has 0 saturated carbocycles. The van der Waals surface area contributed by atoms with E-state index in [0.717, 1.165) is 13.0 Å². The monoisotopic (exact) mass is 706 g/mol. The summed E-state index contributed by atoms with van der Waals surface area (Å²) < 4.78 is 87.5. The fourth-order valence-electron chi connectivity index (χ4n) is 3.97. The quantitative estimate of drug-likeness (QED) is 0.0721. The molecule has 284 valence electrons. The Bertz CT molecular complexity index is 687. The van der Waals surface area contributed by atoms with Crippen LogP contribution in [0.3, 0.4) is 0 Å². The van der Waals surface area contributed by atoms with Crippen LogP contribution < -0.4 is 0 Å². The molecule has 0 atom stereocenters. The third-order valence-corrected chi connectivity index (χ3v) is 6.91. The lowest BCUT2D eigenvalue weighted by molar-refractivity contribution is -0.0267. The molecule has 0 aliphatic carbocycles. The zero-order chi connectivity index (χ0) is 34.2. The highest BCUT2D eigenvalue weighted by Gasteiger charge is 2.03. The smallest absolute Gasteiger partial charge is 0.379 e. The van der Waals surface area contributed by atoms with Gasteiger partial charge in [0.1, 0.15) is 0 Å². The van der Waals surface area contributed by atoms with Gasteiger partial charge in [-0.1, -0.05) is 64.7 Å². The van der Waals surface area contributed by atoms with Crippen LogP contribution in [0.25, 0.3) is 0 Å². The fraction of sp³-hybridized carbons (Fsp3) is 1.00. The number of rotatable bonds is 42. The average molecular weight is 707 g/mol. The predicted octanol–water partition coefficient (Wildman–Crippen LogP) is 3.89. The Morgan fingerprint density at radius 2 is 0.532 bits per heavy atom. The third kappa shape index (κ3) is 45.5. The zero-order valence-electron chi connectivity index (χ0n) is 29.1. The molecule has 0 rings (SSSR count). The summed E-state index contributed by atoms with van der Waals surface area (Å²) >= 11 is 0. The SMILES string of the molecule is CCCCCCCCCCCCOCCOCCOCCOCCOCCOCCOCCOCCOCCOCCOS(=O)(=O)O. The number of ether oxygens (including phenoxy) is 10. The van der Waals surface area contributed by atoms with Gasteiger partial charge in [0, 0.05) is 6.61 Å². The fourth-order valence-corrected chi connectivity index (χ4v) is 4.25. The van der Waals surface area contributed by atoms with E-state index >= 15 is 0 Å². The summed E-state index contributed by atoms with van der Waals surface area (Å²) in [5.41, 5.74) is 0. The minimum Gasteiger partial charge on any atom is -0.379 e. The molecule has 0 aromatic heterocycles. The highest BCUT2D eigenvalue weighted by Crippen LogP contribution is 2.10. The van der Waals surface area contributed by atoms with Crippen molar-refractivity contribution in [3.05, 3.63) is 0 Å². The third-order valence-electron chi connectivity index (χ3n) is 6.45. The van der Waals surface area contributed by atoms with Crippen molar-refractivity contribution in [2.24, 2.45) is 0 Å². The van der Waals surface area contributed by atoms with Gasteiger partial charge in [0.25, 0.3) is 0 Å². The summed E-state index contributed by atoms with van der Waals surface area (Å²) in [6.45, 7) is 11.5. The van der Waals surface area contributed by atoms with Crippen molar-refractivity contribution in [3.8, 4) is 0 Å². The molecule has 0 bridgehead atoms. The van der Waals surface area contributed by atoms with Gasteiger partial charge >= 0.3 is 10.4 Å². The molecule has 0 fully saturated rings. The maximum Gasteiger partial charge on any atom is 0.397 e. The molecule has 0 aliphatic heterocycles. The zero-order valence-corrected chi connectivity index (χ0v) is 29.9. The summed E-state index contributed by atoms with van der Waals surface area (Å²) in [5.74, 6) is 0. The summed E-state index contributed by atoms with van der Waals surface area (Å²) in [7, 11) is -4.42. The summed E-state index contributed by atoms with van der Waals surface area (Å²) in [4.78, 5) is 0. The van der Waals surface area contributed by atoms with Gasteiger partial charge in [0.2, 0.25) is 0 Å². The molecular formula is C32H66O14S. The van der Waals surface area contributed by atoms with Crippen molar-refractivity contribution in [2.45, 2.75) is 71.1 Å². The highest BCUT2D eigenvalue weighted by atomic mass is 32.3. The Labute approximate surface area is 284 Å².